The van der Waals surface area contributed by atoms with Crippen molar-refractivity contribution < 1.29 is 14.3 Å². The molecule has 5 heteroatoms. The van der Waals surface area contributed by atoms with Gasteiger partial charge in [0.2, 0.25) is 0 Å². The Morgan fingerprint density at radius 2 is 2.30 bits per heavy atom. The second-order valence-corrected chi connectivity index (χ2v) is 5.70. The van der Waals surface area contributed by atoms with E-state index in [0.717, 1.165) is 44.4 Å². The third kappa shape index (κ3) is 4.21. The van der Waals surface area contributed by atoms with E-state index >= 15 is 0 Å². The molecular weight excluding hydrogens is 256 g/mol. The van der Waals surface area contributed by atoms with Crippen molar-refractivity contribution in [3.63, 3.8) is 0 Å². The first-order valence-corrected chi connectivity index (χ1v) is 7.56. The second-order valence-electron chi connectivity index (χ2n) is 5.70. The molecule has 0 saturated carbocycles. The Kier molecular flexibility index (Phi) is 5.86. The standard InChI is InChI=1S/C15H26N2O3/c1-12(2)11-19-10-7-16-15(18)17-8-3-5-13(17)14-6-4-9-20-14/h13-14H,1,3-11H2,2H3,(H,16,18)/t13-,14+/m1/s1. The number of urea groups is 1. The van der Waals surface area contributed by atoms with E-state index in [2.05, 4.69) is 11.9 Å². The van der Waals surface area contributed by atoms with Crippen LogP contribution in [0.3, 0.4) is 0 Å². The fourth-order valence-electron chi connectivity index (χ4n) is 2.92. The first kappa shape index (κ1) is 15.3. The minimum Gasteiger partial charge on any atom is -0.376 e. The average molecular weight is 282 g/mol. The van der Waals surface area contributed by atoms with E-state index in [1.165, 1.54) is 0 Å². The predicted molar refractivity (Wildman–Crippen MR) is 77.7 cm³/mol. The van der Waals surface area contributed by atoms with E-state index < -0.39 is 0 Å². The molecule has 114 valence electrons. The highest BCUT2D eigenvalue weighted by Gasteiger charge is 2.36. The first-order chi connectivity index (χ1) is 9.68. The number of hydrogen-bond acceptors (Lipinski definition) is 3. The van der Waals surface area contributed by atoms with Gasteiger partial charge in [0.1, 0.15) is 0 Å². The molecule has 2 amide bonds. The Balaban J connectivity index is 1.69. The summed E-state index contributed by atoms with van der Waals surface area (Å²) in [5, 5.41) is 2.93. The molecule has 0 aromatic heterocycles. The molecule has 2 fully saturated rings. The summed E-state index contributed by atoms with van der Waals surface area (Å²) < 4.78 is 11.1. The van der Waals surface area contributed by atoms with Crippen molar-refractivity contribution in [1.29, 1.82) is 0 Å². The van der Waals surface area contributed by atoms with Crippen LogP contribution in [0.5, 0.6) is 0 Å². The Morgan fingerprint density at radius 3 is 3.00 bits per heavy atom. The van der Waals surface area contributed by atoms with E-state index in [1.54, 1.807) is 0 Å². The number of rotatable bonds is 6. The van der Waals surface area contributed by atoms with E-state index in [4.69, 9.17) is 9.47 Å². The van der Waals surface area contributed by atoms with Gasteiger partial charge in [-0.25, -0.2) is 4.79 Å². The van der Waals surface area contributed by atoms with Crippen molar-refractivity contribution in [2.75, 3.05) is 32.9 Å². The van der Waals surface area contributed by atoms with Gasteiger partial charge in [0, 0.05) is 19.7 Å². The first-order valence-electron chi connectivity index (χ1n) is 7.56. The SMILES string of the molecule is C=C(C)COCCNC(=O)N1CCC[C@@H]1[C@@H]1CCCO1. The van der Waals surface area contributed by atoms with Crippen molar-refractivity contribution in [1.82, 2.24) is 10.2 Å². The smallest absolute Gasteiger partial charge is 0.317 e. The molecule has 0 bridgehead atoms. The van der Waals surface area contributed by atoms with Gasteiger partial charge in [-0.1, -0.05) is 12.2 Å². The van der Waals surface area contributed by atoms with E-state index in [1.807, 2.05) is 11.8 Å². The van der Waals surface area contributed by atoms with Crippen LogP contribution >= 0.6 is 0 Å². The molecule has 20 heavy (non-hydrogen) atoms. The highest BCUT2D eigenvalue weighted by atomic mass is 16.5. The third-order valence-electron chi connectivity index (χ3n) is 3.83. The second kappa shape index (κ2) is 7.64. The highest BCUT2D eigenvalue weighted by molar-refractivity contribution is 5.74. The van der Waals surface area contributed by atoms with Gasteiger partial charge in [-0.15, -0.1) is 0 Å². The van der Waals surface area contributed by atoms with Gasteiger partial charge >= 0.3 is 6.03 Å². The molecule has 0 aromatic rings. The van der Waals surface area contributed by atoms with Gasteiger partial charge in [-0.05, 0) is 32.6 Å². The van der Waals surface area contributed by atoms with Crippen LogP contribution in [0.1, 0.15) is 32.6 Å². The molecule has 0 unspecified atom stereocenters. The molecule has 0 aliphatic carbocycles. The van der Waals surface area contributed by atoms with Gasteiger partial charge < -0.3 is 19.7 Å². The molecule has 1 N–H and O–H groups in total. The monoisotopic (exact) mass is 282 g/mol. The Labute approximate surface area is 121 Å². The maximum atomic E-state index is 12.2. The number of likely N-dealkylation sites (tertiary alicyclic amines) is 1. The van der Waals surface area contributed by atoms with Crippen molar-refractivity contribution in [3.8, 4) is 0 Å². The number of nitrogens with one attached hydrogen (secondary N) is 1. The number of hydrogen-bond donors (Lipinski definition) is 1. The maximum absolute atomic E-state index is 12.2. The predicted octanol–water partition coefficient (Wildman–Crippen LogP) is 1.93. The van der Waals surface area contributed by atoms with E-state index in [-0.39, 0.29) is 18.2 Å². The zero-order chi connectivity index (χ0) is 14.4. The normalized spacial score (nSPS) is 25.9. The summed E-state index contributed by atoms with van der Waals surface area (Å²) in [5.41, 5.74) is 0.995. The van der Waals surface area contributed by atoms with Crippen LogP contribution in [-0.2, 0) is 9.47 Å². The summed E-state index contributed by atoms with van der Waals surface area (Å²) in [6.45, 7) is 8.99. The summed E-state index contributed by atoms with van der Waals surface area (Å²) >= 11 is 0. The average Bonchev–Trinajstić information content (AvgIpc) is 3.08. The maximum Gasteiger partial charge on any atom is 0.317 e. The van der Waals surface area contributed by atoms with E-state index in [0.29, 0.717) is 19.8 Å². The summed E-state index contributed by atoms with van der Waals surface area (Å²) in [6, 6.07) is 0.274. The minimum absolute atomic E-state index is 0.0157. The van der Waals surface area contributed by atoms with Gasteiger partial charge in [0.25, 0.3) is 0 Å². The van der Waals surface area contributed by atoms with Crippen LogP contribution in [0, 0.1) is 0 Å². The lowest BCUT2D eigenvalue weighted by Gasteiger charge is -2.29. The summed E-state index contributed by atoms with van der Waals surface area (Å²) in [5.74, 6) is 0. The van der Waals surface area contributed by atoms with Crippen LogP contribution in [0.15, 0.2) is 12.2 Å². The number of carbonyl (C=O) groups excluding carboxylic acids is 1. The molecule has 2 saturated heterocycles. The molecule has 2 heterocycles. The summed E-state index contributed by atoms with van der Waals surface area (Å²) in [4.78, 5) is 14.1. The van der Waals surface area contributed by atoms with Crippen molar-refractivity contribution in [2.45, 2.75) is 44.8 Å². The van der Waals surface area contributed by atoms with Gasteiger partial charge in [0.05, 0.1) is 25.4 Å². The lowest BCUT2D eigenvalue weighted by atomic mass is 10.1. The third-order valence-corrected chi connectivity index (χ3v) is 3.83. The molecule has 0 aromatic carbocycles. The fourth-order valence-corrected chi connectivity index (χ4v) is 2.92. The Morgan fingerprint density at radius 1 is 1.45 bits per heavy atom. The Hall–Kier alpha value is -1.07. The Bertz CT molecular complexity index is 340. The largest absolute Gasteiger partial charge is 0.376 e. The lowest BCUT2D eigenvalue weighted by molar-refractivity contribution is 0.0517. The van der Waals surface area contributed by atoms with Crippen molar-refractivity contribution in [2.24, 2.45) is 0 Å². The van der Waals surface area contributed by atoms with Crippen LogP contribution in [-0.4, -0.2) is 56.0 Å². The van der Waals surface area contributed by atoms with Crippen molar-refractivity contribution >= 4 is 6.03 Å². The molecule has 2 atom stereocenters. The van der Waals surface area contributed by atoms with Crippen LogP contribution in [0.25, 0.3) is 0 Å². The van der Waals surface area contributed by atoms with Gasteiger partial charge in [0.15, 0.2) is 0 Å². The van der Waals surface area contributed by atoms with Gasteiger partial charge in [-0.2, -0.15) is 0 Å². The van der Waals surface area contributed by atoms with Gasteiger partial charge in [-0.3, -0.25) is 0 Å². The zero-order valence-electron chi connectivity index (χ0n) is 12.4. The number of ether oxygens (including phenoxy) is 2. The number of nitrogens with zero attached hydrogens (tertiary/aromatic N) is 1. The minimum atomic E-state index is 0.0157. The zero-order valence-corrected chi connectivity index (χ0v) is 12.4. The summed E-state index contributed by atoms with van der Waals surface area (Å²) in [7, 11) is 0. The van der Waals surface area contributed by atoms with E-state index in [9.17, 15) is 4.79 Å². The molecule has 0 radical (unpaired) electrons. The van der Waals surface area contributed by atoms with Crippen molar-refractivity contribution in [3.05, 3.63) is 12.2 Å². The van der Waals surface area contributed by atoms with Crippen LogP contribution in [0.2, 0.25) is 0 Å². The molecular formula is C15H26N2O3. The highest BCUT2D eigenvalue weighted by Crippen LogP contribution is 2.27. The molecule has 0 spiro atoms. The van der Waals surface area contributed by atoms with Crippen LogP contribution < -0.4 is 5.32 Å². The number of amides is 2. The topological polar surface area (TPSA) is 50.8 Å². The molecule has 5 nitrogen and oxygen atoms in total. The number of carbonyl (C=O) groups is 1. The quantitative estimate of drug-likeness (QED) is 0.598. The van der Waals surface area contributed by atoms with Crippen LogP contribution in [0.4, 0.5) is 4.79 Å². The lowest BCUT2D eigenvalue weighted by Crippen LogP contribution is -2.48. The summed E-state index contributed by atoms with van der Waals surface area (Å²) in [6.07, 6.45) is 4.57. The fraction of sp³-hybridized carbons (Fsp3) is 0.800. The molecule has 2 aliphatic heterocycles. The molecule has 2 rings (SSSR count). The molecule has 2 aliphatic rings.